The van der Waals surface area contributed by atoms with Crippen LogP contribution in [0, 0.1) is 0 Å². The average molecular weight is 354 g/mol. The lowest BCUT2D eigenvalue weighted by Crippen LogP contribution is -2.38. The van der Waals surface area contributed by atoms with Crippen LogP contribution in [0.5, 0.6) is 5.75 Å². The maximum atomic E-state index is 12.5. The molecule has 140 valence electrons. The van der Waals surface area contributed by atoms with Gasteiger partial charge in [-0.25, -0.2) is 0 Å². The van der Waals surface area contributed by atoms with Gasteiger partial charge in [0.1, 0.15) is 5.75 Å². The minimum Gasteiger partial charge on any atom is -0.494 e. The Kier molecular flexibility index (Phi) is 8.16. The Morgan fingerprint density at radius 2 is 1.65 bits per heavy atom. The highest BCUT2D eigenvalue weighted by molar-refractivity contribution is 5.94. The van der Waals surface area contributed by atoms with E-state index in [1.165, 1.54) is 5.56 Å². The highest BCUT2D eigenvalue weighted by Crippen LogP contribution is 2.20. The second-order valence-corrected chi connectivity index (χ2v) is 6.23. The van der Waals surface area contributed by atoms with Gasteiger partial charge in [-0.15, -0.1) is 0 Å². The van der Waals surface area contributed by atoms with Crippen LogP contribution in [0.3, 0.4) is 0 Å². The average Bonchev–Trinajstić information content (AvgIpc) is 2.70. The van der Waals surface area contributed by atoms with E-state index in [1.807, 2.05) is 42.5 Å². The van der Waals surface area contributed by atoms with Crippen LogP contribution in [-0.4, -0.2) is 37.0 Å². The molecular formula is C22H30N2O2. The monoisotopic (exact) mass is 354 g/mol. The van der Waals surface area contributed by atoms with Crippen molar-refractivity contribution >= 4 is 5.91 Å². The summed E-state index contributed by atoms with van der Waals surface area (Å²) in [6, 6.07) is 17.8. The molecule has 0 saturated heterocycles. The van der Waals surface area contributed by atoms with Crippen LogP contribution < -0.4 is 10.1 Å². The van der Waals surface area contributed by atoms with E-state index >= 15 is 0 Å². The zero-order valence-corrected chi connectivity index (χ0v) is 16.1. The molecule has 1 amide bonds. The van der Waals surface area contributed by atoms with Gasteiger partial charge in [0.05, 0.1) is 12.6 Å². The van der Waals surface area contributed by atoms with E-state index in [4.69, 9.17) is 4.74 Å². The Hall–Kier alpha value is -2.33. The number of rotatable bonds is 10. The van der Waals surface area contributed by atoms with E-state index in [9.17, 15) is 4.79 Å². The van der Waals surface area contributed by atoms with E-state index in [-0.39, 0.29) is 11.9 Å². The Morgan fingerprint density at radius 1 is 1.00 bits per heavy atom. The quantitative estimate of drug-likeness (QED) is 0.692. The number of nitrogens with one attached hydrogen (secondary N) is 1. The molecular weight excluding hydrogens is 324 g/mol. The number of benzene rings is 2. The normalized spacial score (nSPS) is 12.0. The summed E-state index contributed by atoms with van der Waals surface area (Å²) in [6.07, 6.45) is 0.967. The lowest BCUT2D eigenvalue weighted by atomic mass is 10.0. The summed E-state index contributed by atoms with van der Waals surface area (Å²) in [5.74, 6) is 0.744. The van der Waals surface area contributed by atoms with Gasteiger partial charge in [0.2, 0.25) is 0 Å². The van der Waals surface area contributed by atoms with Crippen LogP contribution in [0.1, 0.15) is 49.2 Å². The Labute approximate surface area is 157 Å². The van der Waals surface area contributed by atoms with Gasteiger partial charge in [-0.1, -0.05) is 51.1 Å². The number of nitrogens with zero attached hydrogens (tertiary/aromatic N) is 1. The van der Waals surface area contributed by atoms with Crippen LogP contribution in [-0.2, 0) is 0 Å². The molecule has 0 saturated carbocycles. The highest BCUT2D eigenvalue weighted by atomic mass is 16.5. The standard InChI is InChI=1S/C22H30N2O2/c1-4-16-26-20-14-12-19(13-15-20)22(25)23-17-21(24(5-2)6-3)18-10-8-7-9-11-18/h7-15,21H,4-6,16-17H2,1-3H3,(H,23,25)/t21-/m0/s1. The van der Waals surface area contributed by atoms with E-state index in [0.717, 1.165) is 25.3 Å². The van der Waals surface area contributed by atoms with Gasteiger partial charge in [0.25, 0.3) is 5.91 Å². The molecule has 0 heterocycles. The van der Waals surface area contributed by atoms with Crippen molar-refractivity contribution < 1.29 is 9.53 Å². The molecule has 2 aromatic rings. The van der Waals surface area contributed by atoms with Gasteiger partial charge < -0.3 is 10.1 Å². The zero-order valence-electron chi connectivity index (χ0n) is 16.1. The lowest BCUT2D eigenvalue weighted by molar-refractivity contribution is 0.0935. The molecule has 0 bridgehead atoms. The van der Waals surface area contributed by atoms with Crippen LogP contribution >= 0.6 is 0 Å². The number of carbonyl (C=O) groups excluding carboxylic acids is 1. The van der Waals surface area contributed by atoms with Crippen molar-refractivity contribution in [2.24, 2.45) is 0 Å². The van der Waals surface area contributed by atoms with E-state index in [0.29, 0.717) is 18.7 Å². The van der Waals surface area contributed by atoms with E-state index in [1.54, 1.807) is 0 Å². The molecule has 1 atom stereocenters. The minimum atomic E-state index is -0.0554. The van der Waals surface area contributed by atoms with Gasteiger partial charge in [-0.2, -0.15) is 0 Å². The van der Waals surface area contributed by atoms with Crippen LogP contribution in [0.15, 0.2) is 54.6 Å². The largest absolute Gasteiger partial charge is 0.494 e. The minimum absolute atomic E-state index is 0.0554. The van der Waals surface area contributed by atoms with Crippen LogP contribution in [0.2, 0.25) is 0 Å². The first-order valence-electron chi connectivity index (χ1n) is 9.49. The summed E-state index contributed by atoms with van der Waals surface area (Å²) in [6.45, 7) is 9.52. The fourth-order valence-corrected chi connectivity index (χ4v) is 3.01. The van der Waals surface area contributed by atoms with Crippen molar-refractivity contribution in [1.82, 2.24) is 10.2 Å². The van der Waals surface area contributed by atoms with E-state index in [2.05, 4.69) is 43.1 Å². The molecule has 0 aliphatic carbocycles. The van der Waals surface area contributed by atoms with Crippen molar-refractivity contribution in [3.05, 3.63) is 65.7 Å². The third-order valence-corrected chi connectivity index (χ3v) is 4.48. The van der Waals surface area contributed by atoms with Crippen molar-refractivity contribution in [2.45, 2.75) is 33.2 Å². The lowest BCUT2D eigenvalue weighted by Gasteiger charge is -2.30. The Morgan fingerprint density at radius 3 is 2.23 bits per heavy atom. The van der Waals surface area contributed by atoms with Gasteiger partial charge in [0.15, 0.2) is 0 Å². The number of amides is 1. The van der Waals surface area contributed by atoms with E-state index < -0.39 is 0 Å². The number of hydrogen-bond donors (Lipinski definition) is 1. The molecule has 1 N–H and O–H groups in total. The molecule has 0 aromatic heterocycles. The highest BCUT2D eigenvalue weighted by Gasteiger charge is 2.19. The topological polar surface area (TPSA) is 41.6 Å². The summed E-state index contributed by atoms with van der Waals surface area (Å²) >= 11 is 0. The first-order valence-corrected chi connectivity index (χ1v) is 9.49. The molecule has 2 rings (SSSR count). The van der Waals surface area contributed by atoms with Crippen molar-refractivity contribution in [3.8, 4) is 5.75 Å². The Bertz CT molecular complexity index is 652. The second-order valence-electron chi connectivity index (χ2n) is 6.23. The second kappa shape index (κ2) is 10.6. The third-order valence-electron chi connectivity index (χ3n) is 4.48. The molecule has 2 aromatic carbocycles. The predicted octanol–water partition coefficient (Wildman–Crippen LogP) is 4.29. The maximum Gasteiger partial charge on any atom is 0.251 e. The summed E-state index contributed by atoms with van der Waals surface area (Å²) in [4.78, 5) is 14.9. The smallest absolute Gasteiger partial charge is 0.251 e. The summed E-state index contributed by atoms with van der Waals surface area (Å²) < 4.78 is 5.57. The summed E-state index contributed by atoms with van der Waals surface area (Å²) in [5.41, 5.74) is 1.88. The van der Waals surface area contributed by atoms with Crippen molar-refractivity contribution in [3.63, 3.8) is 0 Å². The first kappa shape index (κ1) is 20.0. The van der Waals surface area contributed by atoms with Gasteiger partial charge in [-0.3, -0.25) is 9.69 Å². The maximum absolute atomic E-state index is 12.5. The van der Waals surface area contributed by atoms with Crippen LogP contribution in [0.4, 0.5) is 0 Å². The molecule has 0 unspecified atom stereocenters. The number of likely N-dealkylation sites (N-methyl/N-ethyl adjacent to an activating group) is 1. The molecule has 0 fully saturated rings. The molecule has 0 aliphatic heterocycles. The molecule has 0 aliphatic rings. The molecule has 0 radical (unpaired) electrons. The van der Waals surface area contributed by atoms with Crippen molar-refractivity contribution in [2.75, 3.05) is 26.2 Å². The van der Waals surface area contributed by atoms with Crippen molar-refractivity contribution in [1.29, 1.82) is 0 Å². The number of carbonyl (C=O) groups is 1. The molecule has 0 spiro atoms. The fraction of sp³-hybridized carbons (Fsp3) is 0.409. The fourth-order valence-electron chi connectivity index (χ4n) is 3.01. The predicted molar refractivity (Wildman–Crippen MR) is 107 cm³/mol. The molecule has 26 heavy (non-hydrogen) atoms. The third kappa shape index (κ3) is 5.60. The van der Waals surface area contributed by atoms with Gasteiger partial charge in [0, 0.05) is 12.1 Å². The summed E-state index contributed by atoms with van der Waals surface area (Å²) in [5, 5.41) is 3.09. The molecule has 4 nitrogen and oxygen atoms in total. The number of ether oxygens (including phenoxy) is 1. The SMILES string of the molecule is CCCOc1ccc(C(=O)NC[C@@H](c2ccccc2)N(CC)CC)cc1. The molecule has 4 heteroatoms. The van der Waals surface area contributed by atoms with Gasteiger partial charge in [-0.05, 0) is 49.3 Å². The number of hydrogen-bond acceptors (Lipinski definition) is 3. The zero-order chi connectivity index (χ0) is 18.8. The Balaban J connectivity index is 2.02. The summed E-state index contributed by atoms with van der Waals surface area (Å²) in [7, 11) is 0. The first-order chi connectivity index (χ1) is 12.7. The van der Waals surface area contributed by atoms with Gasteiger partial charge >= 0.3 is 0 Å². The van der Waals surface area contributed by atoms with Crippen LogP contribution in [0.25, 0.3) is 0 Å².